The van der Waals surface area contributed by atoms with E-state index in [9.17, 15) is 0 Å². The smallest absolute Gasteiger partial charge is 0.178 e. The first-order chi connectivity index (χ1) is 3.89. The van der Waals surface area contributed by atoms with E-state index in [0.29, 0.717) is 19.8 Å². The topological polar surface area (TPSA) is 38.7 Å². The van der Waals surface area contributed by atoms with Crippen LogP contribution in [0.2, 0.25) is 0 Å². The van der Waals surface area contributed by atoms with Crippen LogP contribution in [-0.2, 0) is 9.47 Å². The van der Waals surface area contributed by atoms with Crippen LogP contribution in [-0.4, -0.2) is 31.2 Å². The zero-order chi connectivity index (χ0) is 5.82. The maximum Gasteiger partial charge on any atom is 0.178 e. The van der Waals surface area contributed by atoms with E-state index >= 15 is 0 Å². The minimum Gasteiger partial charge on any atom is -0.376 e. The minimum absolute atomic E-state index is 0.319. The summed E-state index contributed by atoms with van der Waals surface area (Å²) in [5.41, 5.74) is 0. The van der Waals surface area contributed by atoms with Gasteiger partial charge in [0.15, 0.2) is 6.29 Å². The largest absolute Gasteiger partial charge is 0.376 e. The van der Waals surface area contributed by atoms with Gasteiger partial charge in [-0.05, 0) is 6.42 Å². The Kier molecular flexibility index (Phi) is 2.27. The molecule has 0 unspecified atom stereocenters. The van der Waals surface area contributed by atoms with Crippen molar-refractivity contribution >= 4 is 0 Å². The number of hydrogen-bond donors (Lipinski definition) is 1. The third-order valence-electron chi connectivity index (χ3n) is 1.00. The van der Waals surface area contributed by atoms with Crippen molar-refractivity contribution in [2.24, 2.45) is 0 Å². The van der Waals surface area contributed by atoms with E-state index in [2.05, 4.69) is 0 Å². The molecule has 0 aliphatic carbocycles. The van der Waals surface area contributed by atoms with Crippen LogP contribution in [0.25, 0.3) is 0 Å². The molecular weight excluding hydrogens is 108 g/mol. The maximum atomic E-state index is 8.74. The summed E-state index contributed by atoms with van der Waals surface area (Å²) in [6.45, 7) is 1.64. The zero-order valence-electron chi connectivity index (χ0n) is 4.67. The molecule has 0 aromatic carbocycles. The normalized spacial score (nSPS) is 31.9. The molecular formula is C5H10O3. The molecule has 0 saturated carbocycles. The molecule has 0 aromatic rings. The molecule has 48 valence electrons. The highest BCUT2D eigenvalue weighted by Crippen LogP contribution is 1.96. The third kappa shape index (κ3) is 1.78. The van der Waals surface area contributed by atoms with Crippen LogP contribution in [0.1, 0.15) is 6.42 Å². The van der Waals surface area contributed by atoms with Crippen molar-refractivity contribution in [2.75, 3.05) is 19.8 Å². The molecule has 1 N–H and O–H groups in total. The number of rotatable bonds is 0. The molecule has 0 aromatic heterocycles. The number of aliphatic hydroxyl groups excluding tert-OH is 1. The van der Waals surface area contributed by atoms with Gasteiger partial charge in [0, 0.05) is 6.61 Å². The molecule has 8 heavy (non-hydrogen) atoms. The van der Waals surface area contributed by atoms with Gasteiger partial charge in [0.25, 0.3) is 0 Å². The van der Waals surface area contributed by atoms with Crippen molar-refractivity contribution < 1.29 is 14.6 Å². The average Bonchev–Trinajstić information content (AvgIpc) is 1.94. The van der Waals surface area contributed by atoms with Crippen molar-refractivity contribution in [3.05, 3.63) is 0 Å². The molecule has 1 fully saturated rings. The van der Waals surface area contributed by atoms with E-state index in [4.69, 9.17) is 14.6 Å². The van der Waals surface area contributed by atoms with Crippen LogP contribution >= 0.6 is 0 Å². The maximum absolute atomic E-state index is 8.74. The summed E-state index contributed by atoms with van der Waals surface area (Å²) >= 11 is 0. The van der Waals surface area contributed by atoms with Gasteiger partial charge in [-0.2, -0.15) is 0 Å². The van der Waals surface area contributed by atoms with Crippen LogP contribution in [0.4, 0.5) is 0 Å². The van der Waals surface area contributed by atoms with Crippen molar-refractivity contribution in [2.45, 2.75) is 12.7 Å². The molecule has 1 saturated heterocycles. The van der Waals surface area contributed by atoms with Crippen molar-refractivity contribution in [3.63, 3.8) is 0 Å². The van der Waals surface area contributed by atoms with Gasteiger partial charge in [-0.15, -0.1) is 0 Å². The highest BCUT2D eigenvalue weighted by molar-refractivity contribution is 4.44. The van der Waals surface area contributed by atoms with Gasteiger partial charge in [0.1, 0.15) is 0 Å². The van der Waals surface area contributed by atoms with Gasteiger partial charge in [0.2, 0.25) is 0 Å². The van der Waals surface area contributed by atoms with Gasteiger partial charge in [-0.25, -0.2) is 0 Å². The van der Waals surface area contributed by atoms with Crippen LogP contribution in [0.15, 0.2) is 0 Å². The summed E-state index contributed by atoms with van der Waals surface area (Å²) < 4.78 is 9.77. The molecule has 1 rings (SSSR count). The van der Waals surface area contributed by atoms with Gasteiger partial charge in [-0.1, -0.05) is 0 Å². The molecule has 0 amide bonds. The molecule has 3 nitrogen and oxygen atoms in total. The second-order valence-electron chi connectivity index (χ2n) is 1.75. The minimum atomic E-state index is -0.697. The molecule has 1 atom stereocenters. The Morgan fingerprint density at radius 2 is 2.25 bits per heavy atom. The lowest BCUT2D eigenvalue weighted by Crippen LogP contribution is -2.15. The lowest BCUT2D eigenvalue weighted by Gasteiger charge is -2.04. The summed E-state index contributed by atoms with van der Waals surface area (Å²) in [6, 6.07) is 0. The molecule has 3 heteroatoms. The number of aliphatic hydroxyl groups is 1. The molecule has 0 radical (unpaired) electrons. The van der Waals surface area contributed by atoms with Crippen molar-refractivity contribution in [1.29, 1.82) is 0 Å². The van der Waals surface area contributed by atoms with E-state index in [-0.39, 0.29) is 0 Å². The first kappa shape index (κ1) is 6.01. The highest BCUT2D eigenvalue weighted by atomic mass is 16.6. The lowest BCUT2D eigenvalue weighted by molar-refractivity contribution is -0.115. The summed E-state index contributed by atoms with van der Waals surface area (Å²) in [5.74, 6) is 0. The van der Waals surface area contributed by atoms with Crippen molar-refractivity contribution in [1.82, 2.24) is 0 Å². The Labute approximate surface area is 48.2 Å². The monoisotopic (exact) mass is 118 g/mol. The third-order valence-corrected chi connectivity index (χ3v) is 1.00. The van der Waals surface area contributed by atoms with Gasteiger partial charge < -0.3 is 14.6 Å². The Morgan fingerprint density at radius 3 is 3.12 bits per heavy atom. The Hall–Kier alpha value is -0.120. The van der Waals surface area contributed by atoms with E-state index in [1.165, 1.54) is 0 Å². The van der Waals surface area contributed by atoms with E-state index in [1.807, 2.05) is 0 Å². The van der Waals surface area contributed by atoms with Crippen LogP contribution in [0.3, 0.4) is 0 Å². The first-order valence-electron chi connectivity index (χ1n) is 2.77. The second-order valence-corrected chi connectivity index (χ2v) is 1.75. The molecule has 1 heterocycles. The lowest BCUT2D eigenvalue weighted by atomic mass is 10.5. The van der Waals surface area contributed by atoms with E-state index in [1.54, 1.807) is 0 Å². The van der Waals surface area contributed by atoms with Gasteiger partial charge >= 0.3 is 0 Å². The second kappa shape index (κ2) is 3.02. The van der Waals surface area contributed by atoms with Gasteiger partial charge in [0.05, 0.1) is 13.2 Å². The number of hydrogen-bond acceptors (Lipinski definition) is 3. The van der Waals surface area contributed by atoms with E-state index < -0.39 is 6.29 Å². The molecule has 1 aliphatic rings. The molecule has 0 bridgehead atoms. The fourth-order valence-electron chi connectivity index (χ4n) is 0.613. The fraction of sp³-hybridized carbons (Fsp3) is 1.00. The molecule has 1 aliphatic heterocycles. The number of ether oxygens (including phenoxy) is 2. The Balaban J connectivity index is 2.17. The predicted octanol–water partition coefficient (Wildman–Crippen LogP) is -0.258. The molecule has 0 spiro atoms. The van der Waals surface area contributed by atoms with Crippen LogP contribution in [0, 0.1) is 0 Å². The van der Waals surface area contributed by atoms with E-state index in [0.717, 1.165) is 6.42 Å². The SMILES string of the molecule is O[C@H]1COCCCO1. The highest BCUT2D eigenvalue weighted by Gasteiger charge is 2.06. The standard InChI is InChI=1S/C5H10O3/c6-5-4-7-2-1-3-8-5/h5-6H,1-4H2/t5-/m1/s1. The summed E-state index contributed by atoms with van der Waals surface area (Å²) in [5, 5.41) is 8.74. The summed E-state index contributed by atoms with van der Waals surface area (Å²) in [7, 11) is 0. The predicted molar refractivity (Wildman–Crippen MR) is 27.4 cm³/mol. The summed E-state index contributed by atoms with van der Waals surface area (Å²) in [4.78, 5) is 0. The Morgan fingerprint density at radius 1 is 1.38 bits per heavy atom. The van der Waals surface area contributed by atoms with Crippen molar-refractivity contribution in [3.8, 4) is 0 Å². The summed E-state index contributed by atoms with van der Waals surface area (Å²) in [6.07, 6.45) is 0.189. The van der Waals surface area contributed by atoms with Crippen LogP contribution < -0.4 is 0 Å². The average molecular weight is 118 g/mol. The first-order valence-corrected chi connectivity index (χ1v) is 2.77. The quantitative estimate of drug-likeness (QED) is 0.476. The fourth-order valence-corrected chi connectivity index (χ4v) is 0.613. The van der Waals surface area contributed by atoms with Gasteiger partial charge in [-0.3, -0.25) is 0 Å². The van der Waals surface area contributed by atoms with Crippen LogP contribution in [0.5, 0.6) is 0 Å². The zero-order valence-corrected chi connectivity index (χ0v) is 4.67. The Bertz CT molecular complexity index is 56.7.